The molecule has 6 nitrogen and oxygen atoms in total. The van der Waals surface area contributed by atoms with Crippen LogP contribution in [0.4, 0.5) is 0 Å². The molecule has 1 saturated heterocycles. The third-order valence-electron chi connectivity index (χ3n) is 11.8. The van der Waals surface area contributed by atoms with Gasteiger partial charge in [0.05, 0.1) is 16.9 Å². The molecule has 2 unspecified atom stereocenters. The molecular formula is C38H55NO5. The first-order valence-electron chi connectivity index (χ1n) is 18.1. The molecule has 0 radical (unpaired) electrons. The third-order valence-corrected chi connectivity index (χ3v) is 11.8. The van der Waals surface area contributed by atoms with Crippen molar-refractivity contribution in [3.63, 3.8) is 0 Å². The molecule has 6 heteroatoms. The maximum atomic E-state index is 13.4. The quantitative estimate of drug-likeness (QED) is 0.132. The summed E-state index contributed by atoms with van der Waals surface area (Å²) in [5.41, 5.74) is 1.04. The highest BCUT2D eigenvalue weighted by Crippen LogP contribution is 2.64. The average molecular weight is 606 g/mol. The Labute approximate surface area is 264 Å². The fourth-order valence-corrected chi connectivity index (χ4v) is 9.23. The smallest absolute Gasteiger partial charge is 0.311 e. The lowest BCUT2D eigenvalue weighted by Crippen LogP contribution is -2.76. The van der Waals surface area contributed by atoms with Crippen LogP contribution in [-0.2, 0) is 21.4 Å². The van der Waals surface area contributed by atoms with Gasteiger partial charge in [-0.2, -0.15) is 0 Å². The van der Waals surface area contributed by atoms with Gasteiger partial charge >= 0.3 is 5.97 Å². The molecule has 1 spiro atoms. The van der Waals surface area contributed by atoms with Gasteiger partial charge in [-0.1, -0.05) is 82.6 Å². The van der Waals surface area contributed by atoms with Gasteiger partial charge in [0.2, 0.25) is 0 Å². The molecule has 2 saturated carbocycles. The maximum absolute atomic E-state index is 13.4. The minimum absolute atomic E-state index is 0.0129. The number of carbonyl (C=O) groups excluding carboxylic acids is 1. The van der Waals surface area contributed by atoms with Crippen molar-refractivity contribution in [1.29, 1.82) is 0 Å². The van der Waals surface area contributed by atoms with E-state index in [9.17, 15) is 19.8 Å². The molecule has 6 rings (SSSR count). The second-order valence-corrected chi connectivity index (χ2v) is 14.7. The Morgan fingerprint density at radius 2 is 1.73 bits per heavy atom. The molecule has 2 bridgehead atoms. The number of carboxylic acids is 1. The summed E-state index contributed by atoms with van der Waals surface area (Å²) in [6, 6.07) is 4.05. The molecular weight excluding hydrogens is 550 g/mol. The number of ether oxygens (including phenoxy) is 1. The maximum Gasteiger partial charge on any atom is 0.311 e. The Morgan fingerprint density at radius 3 is 2.43 bits per heavy atom. The predicted molar refractivity (Wildman–Crippen MR) is 173 cm³/mol. The Morgan fingerprint density at radius 1 is 1.02 bits per heavy atom. The minimum Gasteiger partial charge on any atom is -0.481 e. The highest BCUT2D eigenvalue weighted by molar-refractivity contribution is 5.90. The molecule has 5 aliphatic rings. The molecule has 44 heavy (non-hydrogen) atoms. The van der Waals surface area contributed by atoms with Crippen LogP contribution >= 0.6 is 0 Å². The summed E-state index contributed by atoms with van der Waals surface area (Å²) in [7, 11) is 0. The van der Waals surface area contributed by atoms with Gasteiger partial charge in [0.15, 0.2) is 11.9 Å². The van der Waals surface area contributed by atoms with Crippen LogP contribution in [0.5, 0.6) is 5.75 Å². The number of rotatable bonds is 18. The summed E-state index contributed by atoms with van der Waals surface area (Å²) < 4.78 is 6.57. The Balaban J connectivity index is 1.08. The van der Waals surface area contributed by atoms with Crippen molar-refractivity contribution in [3.05, 3.63) is 41.0 Å². The van der Waals surface area contributed by atoms with Crippen molar-refractivity contribution < 1.29 is 24.5 Å². The van der Waals surface area contributed by atoms with Gasteiger partial charge in [-0.05, 0) is 82.2 Å². The third kappa shape index (κ3) is 5.90. The molecule has 3 fully saturated rings. The number of carboxylic acid groups (broad SMARTS) is 1. The zero-order chi connectivity index (χ0) is 30.7. The zero-order valence-corrected chi connectivity index (χ0v) is 27.0. The molecule has 5 atom stereocenters. The highest BCUT2D eigenvalue weighted by atomic mass is 16.5. The van der Waals surface area contributed by atoms with Crippen LogP contribution in [0.15, 0.2) is 24.3 Å². The first-order chi connectivity index (χ1) is 21.4. The standard InChI is InChI=1S/C38H55NO5/c1-2-3-4-5-6-7-8-9-10-11-12-13-14-15-16-30(36(41)42)29-20-19-28-25-32-38(43)22-21-31(40)35-37(38,33(28)34(29)44-35)23-24-39(32)26-27-17-18-27/h9-10,19-20,27,30,32,35,43H,2-8,11-18,21-26H2,1H3,(H,41,42)/b10-9+/t30?,32?,35-,37-,38+/m0/s1. The van der Waals surface area contributed by atoms with Crippen molar-refractivity contribution in [2.24, 2.45) is 5.92 Å². The molecule has 0 aromatic heterocycles. The summed E-state index contributed by atoms with van der Waals surface area (Å²) >= 11 is 0. The predicted octanol–water partition coefficient (Wildman–Crippen LogP) is 7.64. The van der Waals surface area contributed by atoms with E-state index in [1.807, 2.05) is 6.07 Å². The number of nitrogens with zero attached hydrogens (tertiary/aromatic N) is 1. The Kier molecular flexibility index (Phi) is 9.87. The van der Waals surface area contributed by atoms with E-state index in [4.69, 9.17) is 4.74 Å². The number of hydrogen-bond donors (Lipinski definition) is 2. The number of allylic oxidation sites excluding steroid dienone is 2. The number of aliphatic hydroxyl groups is 1. The van der Waals surface area contributed by atoms with E-state index in [0.717, 1.165) is 68.7 Å². The van der Waals surface area contributed by atoms with Crippen molar-refractivity contribution >= 4 is 11.8 Å². The molecule has 2 N–H and O–H groups in total. The largest absolute Gasteiger partial charge is 0.481 e. The fourth-order valence-electron chi connectivity index (χ4n) is 9.23. The monoisotopic (exact) mass is 605 g/mol. The van der Waals surface area contributed by atoms with Crippen molar-refractivity contribution in [3.8, 4) is 5.75 Å². The highest BCUT2D eigenvalue weighted by Gasteiger charge is 2.73. The van der Waals surface area contributed by atoms with Crippen LogP contribution in [0.3, 0.4) is 0 Å². The second kappa shape index (κ2) is 13.7. The molecule has 0 amide bonds. The molecule has 1 aromatic carbocycles. The van der Waals surface area contributed by atoms with E-state index in [1.165, 1.54) is 57.8 Å². The van der Waals surface area contributed by atoms with Gasteiger partial charge in [0, 0.05) is 30.1 Å². The van der Waals surface area contributed by atoms with Crippen LogP contribution in [0.1, 0.15) is 145 Å². The summed E-state index contributed by atoms with van der Waals surface area (Å²) in [5, 5.41) is 22.9. The fraction of sp³-hybridized carbons (Fsp3) is 0.737. The van der Waals surface area contributed by atoms with Gasteiger partial charge in [-0.3, -0.25) is 14.5 Å². The van der Waals surface area contributed by atoms with Crippen LogP contribution in [0.2, 0.25) is 0 Å². The lowest BCUT2D eigenvalue weighted by molar-refractivity contribution is -0.188. The number of piperidine rings is 1. The van der Waals surface area contributed by atoms with E-state index < -0.39 is 29.0 Å². The molecule has 3 aliphatic carbocycles. The van der Waals surface area contributed by atoms with Gasteiger partial charge in [0.1, 0.15) is 5.75 Å². The lowest BCUT2D eigenvalue weighted by Gasteiger charge is -2.62. The van der Waals surface area contributed by atoms with Crippen LogP contribution in [0.25, 0.3) is 0 Å². The van der Waals surface area contributed by atoms with Gasteiger partial charge in [0.25, 0.3) is 0 Å². The van der Waals surface area contributed by atoms with Crippen molar-refractivity contribution in [1.82, 2.24) is 4.90 Å². The molecule has 242 valence electrons. The first kappa shape index (κ1) is 31.8. The van der Waals surface area contributed by atoms with E-state index in [0.29, 0.717) is 37.0 Å². The molecule has 2 aliphatic heterocycles. The lowest BCUT2D eigenvalue weighted by atomic mass is 9.49. The summed E-state index contributed by atoms with van der Waals surface area (Å²) in [6.07, 6.45) is 23.7. The zero-order valence-electron chi connectivity index (χ0n) is 27.0. The van der Waals surface area contributed by atoms with Gasteiger partial charge in [-0.15, -0.1) is 0 Å². The minimum atomic E-state index is -1.02. The van der Waals surface area contributed by atoms with E-state index in [-0.39, 0.29) is 11.8 Å². The average Bonchev–Trinajstić information content (AvgIpc) is 3.75. The number of likely N-dealkylation sites (tertiary alicyclic amines) is 1. The number of ketones is 1. The van der Waals surface area contributed by atoms with Crippen LogP contribution in [0, 0.1) is 5.92 Å². The van der Waals surface area contributed by atoms with E-state index in [2.05, 4.69) is 30.0 Å². The molecule has 1 aromatic rings. The summed E-state index contributed by atoms with van der Waals surface area (Å²) in [6.45, 7) is 4.14. The summed E-state index contributed by atoms with van der Waals surface area (Å²) in [5.74, 6) is -0.0927. The molecule has 2 heterocycles. The Bertz CT molecular complexity index is 1220. The number of aliphatic carboxylic acids is 1. The number of unbranched alkanes of at least 4 members (excludes halogenated alkanes) is 10. The van der Waals surface area contributed by atoms with Crippen LogP contribution in [-0.4, -0.2) is 57.7 Å². The van der Waals surface area contributed by atoms with E-state index >= 15 is 0 Å². The van der Waals surface area contributed by atoms with Gasteiger partial charge < -0.3 is 14.9 Å². The first-order valence-corrected chi connectivity index (χ1v) is 18.1. The van der Waals surface area contributed by atoms with E-state index in [1.54, 1.807) is 0 Å². The SMILES string of the molecule is CCCCCCCC/C=C/CCCCCCC(C(=O)O)c1ccc2c3c1O[C@H]1C(=O)CC[C@@]4(O)C(C2)N(CC2CC2)CC[C@]314. The second-order valence-electron chi connectivity index (χ2n) is 14.7. The van der Waals surface area contributed by atoms with Crippen molar-refractivity contribution in [2.45, 2.75) is 158 Å². The number of hydrogen-bond acceptors (Lipinski definition) is 5. The topological polar surface area (TPSA) is 87.1 Å². The Hall–Kier alpha value is -2.18. The van der Waals surface area contributed by atoms with Crippen LogP contribution < -0.4 is 4.74 Å². The number of Topliss-reactive ketones (excluding diaryl/α,β-unsaturated/α-hetero) is 1. The number of benzene rings is 1. The summed E-state index contributed by atoms with van der Waals surface area (Å²) in [4.78, 5) is 28.5. The normalized spacial score (nSPS) is 29.5. The number of carbonyl (C=O) groups is 2. The van der Waals surface area contributed by atoms with Crippen molar-refractivity contribution in [2.75, 3.05) is 13.1 Å². The van der Waals surface area contributed by atoms with Gasteiger partial charge in [-0.25, -0.2) is 0 Å².